The summed E-state index contributed by atoms with van der Waals surface area (Å²) in [4.78, 5) is 36.5. The minimum Gasteiger partial charge on any atom is -0.480 e. The summed E-state index contributed by atoms with van der Waals surface area (Å²) in [6.07, 6.45) is 0.334. The molecule has 3 rings (SSSR count). The number of ether oxygens (including phenoxy) is 1. The molecule has 7 heteroatoms. The van der Waals surface area contributed by atoms with Crippen molar-refractivity contribution >= 4 is 18.0 Å². The fourth-order valence-corrected chi connectivity index (χ4v) is 4.79. The first-order chi connectivity index (χ1) is 16.7. The van der Waals surface area contributed by atoms with E-state index in [1.807, 2.05) is 38.1 Å². The molecule has 0 aliphatic heterocycles. The molecule has 0 bridgehead atoms. The molecule has 3 N–H and O–H groups in total. The lowest BCUT2D eigenvalue weighted by Crippen LogP contribution is -2.45. The Labute approximate surface area is 207 Å². The molecule has 0 aromatic heterocycles. The third kappa shape index (κ3) is 6.84. The average Bonchev–Trinajstić information content (AvgIpc) is 3.12. The van der Waals surface area contributed by atoms with Gasteiger partial charge in [0.15, 0.2) is 0 Å². The molecule has 188 valence electrons. The van der Waals surface area contributed by atoms with Gasteiger partial charge in [-0.05, 0) is 46.4 Å². The fraction of sp³-hybridized carbons (Fsp3) is 0.464. The summed E-state index contributed by atoms with van der Waals surface area (Å²) in [6.45, 7) is 8.11. The van der Waals surface area contributed by atoms with Crippen LogP contribution in [0.1, 0.15) is 57.6 Å². The Morgan fingerprint density at radius 2 is 1.51 bits per heavy atom. The largest absolute Gasteiger partial charge is 0.480 e. The van der Waals surface area contributed by atoms with E-state index in [2.05, 4.69) is 34.9 Å². The fourth-order valence-electron chi connectivity index (χ4n) is 4.79. The number of rotatable bonds is 11. The molecule has 7 nitrogen and oxygen atoms in total. The summed E-state index contributed by atoms with van der Waals surface area (Å²) >= 11 is 0. The van der Waals surface area contributed by atoms with Gasteiger partial charge in [-0.25, -0.2) is 9.59 Å². The van der Waals surface area contributed by atoms with E-state index in [0.29, 0.717) is 5.92 Å². The van der Waals surface area contributed by atoms with Gasteiger partial charge in [-0.1, -0.05) is 76.2 Å². The second-order valence-corrected chi connectivity index (χ2v) is 10.0. The zero-order valence-corrected chi connectivity index (χ0v) is 20.9. The lowest BCUT2D eigenvalue weighted by atomic mass is 9.93. The van der Waals surface area contributed by atoms with Crippen molar-refractivity contribution in [3.8, 4) is 11.1 Å². The third-order valence-electron chi connectivity index (χ3n) is 6.41. The van der Waals surface area contributed by atoms with E-state index in [1.165, 1.54) is 11.1 Å². The molecule has 0 spiro atoms. The second-order valence-electron chi connectivity index (χ2n) is 10.0. The Kier molecular flexibility index (Phi) is 8.90. The van der Waals surface area contributed by atoms with Crippen molar-refractivity contribution in [1.29, 1.82) is 0 Å². The van der Waals surface area contributed by atoms with Crippen molar-refractivity contribution in [2.75, 3.05) is 13.2 Å². The van der Waals surface area contributed by atoms with Crippen molar-refractivity contribution in [3.63, 3.8) is 0 Å². The van der Waals surface area contributed by atoms with Gasteiger partial charge in [0.05, 0.1) is 0 Å². The SMILES string of the molecule is CC(C)CC(CNC(=O)OCC1c2ccccc2-c2ccccc21)CC(=O)N[C@@H](C(=O)O)C(C)C. The zero-order valence-electron chi connectivity index (χ0n) is 20.9. The normalized spacial score (nSPS) is 14.2. The molecular formula is C28H36N2O5. The van der Waals surface area contributed by atoms with Crippen LogP contribution >= 0.6 is 0 Å². The second kappa shape index (κ2) is 11.9. The maximum Gasteiger partial charge on any atom is 0.407 e. The molecule has 0 saturated heterocycles. The van der Waals surface area contributed by atoms with E-state index < -0.39 is 18.1 Å². The Hall–Kier alpha value is -3.35. The molecule has 2 amide bonds. The molecule has 35 heavy (non-hydrogen) atoms. The predicted octanol–water partition coefficient (Wildman–Crippen LogP) is 4.80. The number of amides is 2. The first kappa shape index (κ1) is 26.3. The number of carboxylic acids is 1. The first-order valence-corrected chi connectivity index (χ1v) is 12.3. The van der Waals surface area contributed by atoms with Gasteiger partial charge in [-0.2, -0.15) is 0 Å². The van der Waals surface area contributed by atoms with Crippen LogP contribution in [0.3, 0.4) is 0 Å². The number of carboxylic acid groups (broad SMARTS) is 1. The minimum atomic E-state index is -1.05. The molecule has 1 aliphatic rings. The zero-order chi connectivity index (χ0) is 25.5. The summed E-state index contributed by atoms with van der Waals surface area (Å²) in [6, 6.07) is 15.4. The van der Waals surface area contributed by atoms with E-state index in [9.17, 15) is 19.5 Å². The number of fused-ring (bicyclic) bond motifs is 3. The van der Waals surface area contributed by atoms with Gasteiger partial charge in [0, 0.05) is 18.9 Å². The van der Waals surface area contributed by atoms with Crippen molar-refractivity contribution in [2.45, 2.75) is 52.5 Å². The molecule has 2 aromatic carbocycles. The smallest absolute Gasteiger partial charge is 0.407 e. The summed E-state index contributed by atoms with van der Waals surface area (Å²) in [5, 5.41) is 14.7. The molecule has 0 saturated carbocycles. The topological polar surface area (TPSA) is 105 Å². The van der Waals surface area contributed by atoms with Crippen LogP contribution < -0.4 is 10.6 Å². The Balaban J connectivity index is 1.56. The monoisotopic (exact) mass is 480 g/mol. The lowest BCUT2D eigenvalue weighted by Gasteiger charge is -2.22. The van der Waals surface area contributed by atoms with Gasteiger partial charge in [0.25, 0.3) is 0 Å². The highest BCUT2D eigenvalue weighted by atomic mass is 16.5. The van der Waals surface area contributed by atoms with Crippen molar-refractivity contribution in [1.82, 2.24) is 10.6 Å². The van der Waals surface area contributed by atoms with Crippen LogP contribution in [0.15, 0.2) is 48.5 Å². The van der Waals surface area contributed by atoms with Gasteiger partial charge in [-0.3, -0.25) is 4.79 Å². The molecular weight excluding hydrogens is 444 g/mol. The molecule has 0 fully saturated rings. The van der Waals surface area contributed by atoms with Crippen LogP contribution in [0.2, 0.25) is 0 Å². The lowest BCUT2D eigenvalue weighted by molar-refractivity contribution is -0.143. The summed E-state index contributed by atoms with van der Waals surface area (Å²) in [5.41, 5.74) is 4.63. The van der Waals surface area contributed by atoms with Crippen LogP contribution in [-0.4, -0.2) is 42.3 Å². The molecule has 1 unspecified atom stereocenters. The molecule has 2 atom stereocenters. The maximum atomic E-state index is 12.5. The standard InChI is InChI=1S/C28H36N2O5/c1-17(2)13-19(14-25(31)30-26(18(3)4)27(32)33)15-29-28(34)35-16-24-22-11-7-5-9-20(22)21-10-6-8-12-23(21)24/h5-12,17-19,24,26H,13-16H2,1-4H3,(H,29,34)(H,30,31)(H,32,33)/t19?,26-/m1/s1. The van der Waals surface area contributed by atoms with Gasteiger partial charge in [0.1, 0.15) is 12.6 Å². The highest BCUT2D eigenvalue weighted by Crippen LogP contribution is 2.44. The molecule has 0 heterocycles. The first-order valence-electron chi connectivity index (χ1n) is 12.3. The summed E-state index contributed by atoms with van der Waals surface area (Å²) < 4.78 is 5.60. The van der Waals surface area contributed by atoms with Crippen LogP contribution in [0.5, 0.6) is 0 Å². The van der Waals surface area contributed by atoms with E-state index in [1.54, 1.807) is 13.8 Å². The number of hydrogen-bond donors (Lipinski definition) is 3. The Morgan fingerprint density at radius 1 is 0.943 bits per heavy atom. The van der Waals surface area contributed by atoms with Crippen LogP contribution in [0.25, 0.3) is 11.1 Å². The Morgan fingerprint density at radius 3 is 2.03 bits per heavy atom. The van der Waals surface area contributed by atoms with Gasteiger partial charge in [0.2, 0.25) is 5.91 Å². The van der Waals surface area contributed by atoms with Crippen molar-refractivity contribution in [3.05, 3.63) is 59.7 Å². The minimum absolute atomic E-state index is 0.0191. The van der Waals surface area contributed by atoms with Crippen molar-refractivity contribution < 1.29 is 24.2 Å². The number of alkyl carbamates (subject to hydrolysis) is 1. The Bertz CT molecular complexity index is 1000. The van der Waals surface area contributed by atoms with Gasteiger partial charge < -0.3 is 20.5 Å². The van der Waals surface area contributed by atoms with E-state index in [-0.39, 0.29) is 43.2 Å². The van der Waals surface area contributed by atoms with Gasteiger partial charge >= 0.3 is 12.1 Å². The predicted molar refractivity (Wildman–Crippen MR) is 135 cm³/mol. The summed E-state index contributed by atoms with van der Waals surface area (Å²) in [7, 11) is 0. The van der Waals surface area contributed by atoms with Crippen LogP contribution in [0, 0.1) is 17.8 Å². The number of carbonyl (C=O) groups is 3. The number of benzene rings is 2. The highest BCUT2D eigenvalue weighted by molar-refractivity contribution is 5.84. The highest BCUT2D eigenvalue weighted by Gasteiger charge is 2.29. The third-order valence-corrected chi connectivity index (χ3v) is 6.41. The quantitative estimate of drug-likeness (QED) is 0.428. The number of aliphatic carboxylic acids is 1. The van der Waals surface area contributed by atoms with Crippen LogP contribution in [-0.2, 0) is 14.3 Å². The summed E-state index contributed by atoms with van der Waals surface area (Å²) in [5.74, 6) is -1.43. The van der Waals surface area contributed by atoms with E-state index in [0.717, 1.165) is 17.5 Å². The maximum absolute atomic E-state index is 12.5. The number of nitrogens with one attached hydrogen (secondary N) is 2. The van der Waals surface area contributed by atoms with Crippen molar-refractivity contribution in [2.24, 2.45) is 17.8 Å². The van der Waals surface area contributed by atoms with Crippen LogP contribution in [0.4, 0.5) is 4.79 Å². The average molecular weight is 481 g/mol. The molecule has 0 radical (unpaired) electrons. The number of carbonyl (C=O) groups excluding carboxylic acids is 2. The molecule has 1 aliphatic carbocycles. The van der Waals surface area contributed by atoms with E-state index in [4.69, 9.17) is 4.74 Å². The van der Waals surface area contributed by atoms with E-state index >= 15 is 0 Å². The van der Waals surface area contributed by atoms with Gasteiger partial charge in [-0.15, -0.1) is 0 Å². The number of hydrogen-bond acceptors (Lipinski definition) is 4. The molecule has 2 aromatic rings.